The van der Waals surface area contributed by atoms with E-state index in [2.05, 4.69) is 22.8 Å². The second-order valence-corrected chi connectivity index (χ2v) is 6.44. The van der Waals surface area contributed by atoms with Crippen molar-refractivity contribution in [1.29, 1.82) is 0 Å². The van der Waals surface area contributed by atoms with E-state index >= 15 is 0 Å². The molecular formula is C16H26N4. The van der Waals surface area contributed by atoms with Crippen molar-refractivity contribution in [2.24, 2.45) is 5.73 Å². The monoisotopic (exact) mass is 274 g/mol. The van der Waals surface area contributed by atoms with Crippen LogP contribution in [0.25, 0.3) is 0 Å². The van der Waals surface area contributed by atoms with Crippen molar-refractivity contribution in [2.75, 3.05) is 31.1 Å². The van der Waals surface area contributed by atoms with Crippen LogP contribution in [0.5, 0.6) is 0 Å². The van der Waals surface area contributed by atoms with Gasteiger partial charge in [0.2, 0.25) is 0 Å². The highest BCUT2D eigenvalue weighted by atomic mass is 15.3. The maximum Gasteiger partial charge on any atom is 0.131 e. The first kappa shape index (κ1) is 13.8. The van der Waals surface area contributed by atoms with Crippen LogP contribution in [0.2, 0.25) is 0 Å². The van der Waals surface area contributed by atoms with Crippen molar-refractivity contribution >= 4 is 5.82 Å². The van der Waals surface area contributed by atoms with E-state index in [1.165, 1.54) is 42.9 Å². The average Bonchev–Trinajstić information content (AvgIpc) is 2.85. The molecule has 2 aliphatic rings. The van der Waals surface area contributed by atoms with Gasteiger partial charge in [-0.2, -0.15) is 0 Å². The summed E-state index contributed by atoms with van der Waals surface area (Å²) >= 11 is 0. The molecule has 0 aromatic carbocycles. The molecule has 4 nitrogen and oxygen atoms in total. The lowest BCUT2D eigenvalue weighted by Crippen LogP contribution is -2.50. The second kappa shape index (κ2) is 5.70. The number of fused-ring (bicyclic) bond motifs is 1. The summed E-state index contributed by atoms with van der Waals surface area (Å²) in [6, 6.07) is 3.20. The molecule has 2 saturated heterocycles. The van der Waals surface area contributed by atoms with E-state index in [1.54, 1.807) is 0 Å². The Kier molecular flexibility index (Phi) is 3.94. The lowest BCUT2D eigenvalue weighted by atomic mass is 10.1. The zero-order valence-corrected chi connectivity index (χ0v) is 12.7. The highest BCUT2D eigenvalue weighted by Crippen LogP contribution is 2.26. The topological polar surface area (TPSA) is 45.4 Å². The van der Waals surface area contributed by atoms with Gasteiger partial charge in [-0.1, -0.05) is 6.07 Å². The van der Waals surface area contributed by atoms with Crippen LogP contribution in [0.3, 0.4) is 0 Å². The van der Waals surface area contributed by atoms with E-state index in [0.717, 1.165) is 25.6 Å². The maximum atomic E-state index is 5.87. The Morgan fingerprint density at radius 2 is 2.25 bits per heavy atom. The van der Waals surface area contributed by atoms with Crippen LogP contribution in [0.15, 0.2) is 12.3 Å². The number of piperazine rings is 1. The largest absolute Gasteiger partial charge is 0.354 e. The molecule has 0 bridgehead atoms. The second-order valence-electron chi connectivity index (χ2n) is 6.44. The van der Waals surface area contributed by atoms with Crippen LogP contribution in [0, 0.1) is 6.92 Å². The van der Waals surface area contributed by atoms with Crippen LogP contribution in [-0.4, -0.2) is 48.1 Å². The predicted molar refractivity (Wildman–Crippen MR) is 83.1 cm³/mol. The molecule has 0 amide bonds. The molecule has 2 atom stereocenters. The molecule has 0 saturated carbocycles. The summed E-state index contributed by atoms with van der Waals surface area (Å²) in [5, 5.41) is 0. The van der Waals surface area contributed by atoms with Gasteiger partial charge in [-0.15, -0.1) is 0 Å². The number of hydrogen-bond donors (Lipinski definition) is 1. The van der Waals surface area contributed by atoms with Gasteiger partial charge in [0.1, 0.15) is 5.82 Å². The lowest BCUT2D eigenvalue weighted by molar-refractivity contribution is 0.230. The summed E-state index contributed by atoms with van der Waals surface area (Å²) in [7, 11) is 0. The van der Waals surface area contributed by atoms with Gasteiger partial charge < -0.3 is 10.6 Å². The van der Waals surface area contributed by atoms with Gasteiger partial charge in [-0.3, -0.25) is 4.90 Å². The quantitative estimate of drug-likeness (QED) is 0.908. The fraction of sp³-hybridized carbons (Fsp3) is 0.688. The van der Waals surface area contributed by atoms with Gasteiger partial charge >= 0.3 is 0 Å². The number of aromatic nitrogens is 1. The number of nitrogens with zero attached hydrogens (tertiary/aromatic N) is 3. The summed E-state index contributed by atoms with van der Waals surface area (Å²) in [5.41, 5.74) is 8.41. The van der Waals surface area contributed by atoms with Crippen molar-refractivity contribution in [2.45, 2.75) is 45.2 Å². The number of hydrogen-bond acceptors (Lipinski definition) is 4. The third-order valence-electron chi connectivity index (χ3n) is 4.55. The molecule has 2 fully saturated rings. The number of aryl methyl sites for hydroxylation is 1. The summed E-state index contributed by atoms with van der Waals surface area (Å²) in [5.74, 6) is 1.17. The van der Waals surface area contributed by atoms with Crippen molar-refractivity contribution in [3.63, 3.8) is 0 Å². The molecular weight excluding hydrogens is 248 g/mol. The molecule has 20 heavy (non-hydrogen) atoms. The van der Waals surface area contributed by atoms with Gasteiger partial charge in [0.15, 0.2) is 0 Å². The first-order valence-corrected chi connectivity index (χ1v) is 7.83. The number of anilines is 1. The van der Waals surface area contributed by atoms with E-state index in [9.17, 15) is 0 Å². The van der Waals surface area contributed by atoms with E-state index in [4.69, 9.17) is 10.7 Å². The minimum absolute atomic E-state index is 0.198. The minimum atomic E-state index is 0.198. The molecule has 0 spiro atoms. The zero-order chi connectivity index (χ0) is 14.1. The third kappa shape index (κ3) is 2.81. The minimum Gasteiger partial charge on any atom is -0.354 e. The number of nitrogens with two attached hydrogens (primary N) is 1. The molecule has 4 heteroatoms. The molecule has 2 N–H and O–H groups in total. The molecule has 0 radical (unpaired) electrons. The third-order valence-corrected chi connectivity index (χ3v) is 4.55. The van der Waals surface area contributed by atoms with E-state index in [-0.39, 0.29) is 6.04 Å². The van der Waals surface area contributed by atoms with Crippen LogP contribution in [0.4, 0.5) is 5.82 Å². The van der Waals surface area contributed by atoms with Crippen LogP contribution in [0.1, 0.15) is 30.9 Å². The fourth-order valence-corrected chi connectivity index (χ4v) is 3.62. The van der Waals surface area contributed by atoms with E-state index in [0.29, 0.717) is 0 Å². The maximum absolute atomic E-state index is 5.87. The lowest BCUT2D eigenvalue weighted by Gasteiger charge is -2.38. The molecule has 110 valence electrons. The van der Waals surface area contributed by atoms with Gasteiger partial charge in [0, 0.05) is 37.9 Å². The SMILES string of the molecule is Cc1cc(CC(C)N)cnc1N1CCN2CCCC2C1. The van der Waals surface area contributed by atoms with Crippen molar-refractivity contribution in [3.8, 4) is 0 Å². The standard InChI is InChI=1S/C16H26N4/c1-12-8-14(9-13(2)17)10-18-16(12)20-7-6-19-5-3-4-15(19)11-20/h8,10,13,15H,3-7,9,11,17H2,1-2H3. The average molecular weight is 274 g/mol. The Labute approximate surface area is 122 Å². The smallest absolute Gasteiger partial charge is 0.131 e. The van der Waals surface area contributed by atoms with Gasteiger partial charge in [-0.05, 0) is 50.8 Å². The Bertz CT molecular complexity index is 472. The van der Waals surface area contributed by atoms with Crippen LogP contribution >= 0.6 is 0 Å². The van der Waals surface area contributed by atoms with Crippen molar-refractivity contribution < 1.29 is 0 Å². The molecule has 2 aliphatic heterocycles. The Hall–Kier alpha value is -1.13. The Morgan fingerprint density at radius 3 is 3.00 bits per heavy atom. The molecule has 3 rings (SSSR count). The highest BCUT2D eigenvalue weighted by Gasteiger charge is 2.31. The predicted octanol–water partition coefficient (Wildman–Crippen LogP) is 1.56. The number of rotatable bonds is 3. The van der Waals surface area contributed by atoms with Gasteiger partial charge in [0.25, 0.3) is 0 Å². The first-order valence-electron chi connectivity index (χ1n) is 7.83. The number of pyridine rings is 1. The van der Waals surface area contributed by atoms with Gasteiger partial charge in [-0.25, -0.2) is 4.98 Å². The Morgan fingerprint density at radius 1 is 1.40 bits per heavy atom. The van der Waals surface area contributed by atoms with Crippen LogP contribution < -0.4 is 10.6 Å². The Balaban J connectivity index is 1.73. The molecule has 2 unspecified atom stereocenters. The summed E-state index contributed by atoms with van der Waals surface area (Å²) in [6.45, 7) is 8.94. The van der Waals surface area contributed by atoms with E-state index in [1.807, 2.05) is 13.1 Å². The fourth-order valence-electron chi connectivity index (χ4n) is 3.62. The summed E-state index contributed by atoms with van der Waals surface area (Å²) in [4.78, 5) is 9.83. The van der Waals surface area contributed by atoms with Crippen molar-refractivity contribution in [1.82, 2.24) is 9.88 Å². The normalized spacial score (nSPS) is 24.8. The first-order chi connectivity index (χ1) is 9.63. The zero-order valence-electron chi connectivity index (χ0n) is 12.7. The molecule has 3 heterocycles. The van der Waals surface area contributed by atoms with Gasteiger partial charge in [0.05, 0.1) is 0 Å². The summed E-state index contributed by atoms with van der Waals surface area (Å²) in [6.07, 6.45) is 5.62. The molecule has 1 aromatic rings. The highest BCUT2D eigenvalue weighted by molar-refractivity contribution is 5.48. The van der Waals surface area contributed by atoms with E-state index < -0.39 is 0 Å². The molecule has 0 aliphatic carbocycles. The van der Waals surface area contributed by atoms with Crippen molar-refractivity contribution in [3.05, 3.63) is 23.4 Å². The summed E-state index contributed by atoms with van der Waals surface area (Å²) < 4.78 is 0. The van der Waals surface area contributed by atoms with Crippen LogP contribution in [-0.2, 0) is 6.42 Å². The molecule has 1 aromatic heterocycles.